The van der Waals surface area contributed by atoms with Crippen LogP contribution in [-0.2, 0) is 4.74 Å². The first-order valence-electron chi connectivity index (χ1n) is 6.73. The van der Waals surface area contributed by atoms with Crippen molar-refractivity contribution in [3.05, 3.63) is 60.2 Å². The van der Waals surface area contributed by atoms with Gasteiger partial charge in [0.25, 0.3) is 0 Å². The highest BCUT2D eigenvalue weighted by Crippen LogP contribution is 2.34. The number of halogens is 1. The third-order valence-electron chi connectivity index (χ3n) is 3.67. The molecule has 0 unspecified atom stereocenters. The Labute approximate surface area is 128 Å². The highest BCUT2D eigenvalue weighted by Gasteiger charge is 2.25. The average Bonchev–Trinajstić information content (AvgIpc) is 2.97. The Bertz CT molecular complexity index is 521. The van der Waals surface area contributed by atoms with Gasteiger partial charge in [0.05, 0.1) is 12.2 Å². The Hall–Kier alpha value is -0.870. The molecule has 2 aromatic rings. The van der Waals surface area contributed by atoms with E-state index in [-0.39, 0.29) is 0 Å². The molecule has 1 aliphatic rings. The van der Waals surface area contributed by atoms with Crippen LogP contribution in [0.4, 0.5) is 0 Å². The Morgan fingerprint density at radius 1 is 0.895 bits per heavy atom. The van der Waals surface area contributed by atoms with Gasteiger partial charge in [0, 0.05) is 4.43 Å². The molecule has 98 valence electrons. The number of rotatable bonds is 3. The van der Waals surface area contributed by atoms with Gasteiger partial charge in [0.1, 0.15) is 0 Å². The van der Waals surface area contributed by atoms with Gasteiger partial charge in [-0.25, -0.2) is 0 Å². The molecule has 0 radical (unpaired) electrons. The van der Waals surface area contributed by atoms with Gasteiger partial charge in [-0.3, -0.25) is 0 Å². The molecule has 19 heavy (non-hydrogen) atoms. The maximum Gasteiger partial charge on any atom is 0.0830 e. The molecule has 0 saturated carbocycles. The van der Waals surface area contributed by atoms with Gasteiger partial charge in [0.15, 0.2) is 0 Å². The zero-order chi connectivity index (χ0) is 13.1. The lowest BCUT2D eigenvalue weighted by Crippen LogP contribution is -2.07. The lowest BCUT2D eigenvalue weighted by atomic mass is 10.0. The molecule has 0 amide bonds. The number of ether oxygens (including phenoxy) is 1. The molecule has 0 N–H and O–H groups in total. The fraction of sp³-hybridized carbons (Fsp3) is 0.294. The van der Waals surface area contributed by atoms with Crippen LogP contribution in [0.15, 0.2) is 54.6 Å². The fourth-order valence-electron chi connectivity index (χ4n) is 2.59. The quantitative estimate of drug-likeness (QED) is 0.550. The maximum atomic E-state index is 6.03. The molecule has 0 aromatic heterocycles. The zero-order valence-electron chi connectivity index (χ0n) is 10.8. The fourth-order valence-corrected chi connectivity index (χ4v) is 3.23. The Morgan fingerprint density at radius 2 is 1.58 bits per heavy atom. The number of hydrogen-bond acceptors (Lipinski definition) is 1. The summed E-state index contributed by atoms with van der Waals surface area (Å²) in [5.74, 6) is 0. The van der Waals surface area contributed by atoms with Crippen LogP contribution < -0.4 is 0 Å². The van der Waals surface area contributed by atoms with E-state index in [0.717, 1.165) is 10.8 Å². The maximum absolute atomic E-state index is 6.03. The van der Waals surface area contributed by atoms with Crippen molar-refractivity contribution in [3.8, 4) is 11.1 Å². The van der Waals surface area contributed by atoms with E-state index in [1.807, 2.05) is 0 Å². The van der Waals surface area contributed by atoms with Gasteiger partial charge in [-0.05, 0) is 29.5 Å². The number of hydrogen-bond donors (Lipinski definition) is 0. The van der Waals surface area contributed by atoms with Crippen LogP contribution in [0.3, 0.4) is 0 Å². The highest BCUT2D eigenvalue weighted by atomic mass is 127. The van der Waals surface area contributed by atoms with Gasteiger partial charge >= 0.3 is 0 Å². The molecule has 1 fully saturated rings. The second kappa shape index (κ2) is 6.06. The molecule has 1 saturated heterocycles. The van der Waals surface area contributed by atoms with Crippen molar-refractivity contribution in [2.75, 3.05) is 4.43 Å². The summed E-state index contributed by atoms with van der Waals surface area (Å²) in [7, 11) is 0. The smallest absolute Gasteiger partial charge is 0.0830 e. The standard InChI is InChI=1S/C17H17IO/c18-12-16-10-11-17(19-16)15-8-6-14(7-9-15)13-4-2-1-3-5-13/h1-9,16-17H,10-12H2/t16-,17+/m0/s1. The summed E-state index contributed by atoms with van der Waals surface area (Å²) in [4.78, 5) is 0. The van der Waals surface area contributed by atoms with E-state index in [2.05, 4.69) is 77.2 Å². The minimum atomic E-state index is 0.296. The topological polar surface area (TPSA) is 9.23 Å². The first kappa shape index (κ1) is 13.1. The molecule has 0 aliphatic carbocycles. The van der Waals surface area contributed by atoms with Crippen LogP contribution in [-0.4, -0.2) is 10.5 Å². The van der Waals surface area contributed by atoms with E-state index in [0.29, 0.717) is 12.2 Å². The summed E-state index contributed by atoms with van der Waals surface area (Å²) >= 11 is 2.41. The second-order valence-electron chi connectivity index (χ2n) is 4.97. The van der Waals surface area contributed by atoms with Crippen molar-refractivity contribution in [1.82, 2.24) is 0 Å². The van der Waals surface area contributed by atoms with Crippen LogP contribution in [0.5, 0.6) is 0 Å². The van der Waals surface area contributed by atoms with Crippen molar-refractivity contribution in [2.24, 2.45) is 0 Å². The van der Waals surface area contributed by atoms with E-state index in [9.17, 15) is 0 Å². The van der Waals surface area contributed by atoms with Crippen LogP contribution in [0.2, 0.25) is 0 Å². The summed E-state index contributed by atoms with van der Waals surface area (Å²) in [5.41, 5.74) is 3.85. The number of alkyl halides is 1. The summed E-state index contributed by atoms with van der Waals surface area (Å²) in [5, 5.41) is 0. The second-order valence-corrected chi connectivity index (χ2v) is 5.85. The predicted octanol–water partition coefficient (Wildman–Crippen LogP) is 5.01. The van der Waals surface area contributed by atoms with Gasteiger partial charge in [-0.15, -0.1) is 0 Å². The first-order valence-corrected chi connectivity index (χ1v) is 8.26. The Morgan fingerprint density at radius 3 is 2.21 bits per heavy atom. The lowest BCUT2D eigenvalue weighted by molar-refractivity contribution is 0.0597. The molecule has 1 nitrogen and oxygen atoms in total. The summed E-state index contributed by atoms with van der Waals surface area (Å²) in [6.07, 6.45) is 3.08. The van der Waals surface area contributed by atoms with Gasteiger partial charge in [-0.2, -0.15) is 0 Å². The molecule has 2 aromatic carbocycles. The monoisotopic (exact) mass is 364 g/mol. The Balaban J connectivity index is 1.76. The van der Waals surface area contributed by atoms with Crippen LogP contribution in [0.1, 0.15) is 24.5 Å². The molecule has 1 aliphatic heterocycles. The van der Waals surface area contributed by atoms with Crippen molar-refractivity contribution in [2.45, 2.75) is 25.0 Å². The van der Waals surface area contributed by atoms with E-state index < -0.39 is 0 Å². The molecular formula is C17H17IO. The summed E-state index contributed by atoms with van der Waals surface area (Å²) < 4.78 is 7.13. The SMILES string of the molecule is IC[C@@H]1CC[C@H](c2ccc(-c3ccccc3)cc2)O1. The van der Waals surface area contributed by atoms with Crippen molar-refractivity contribution >= 4 is 22.6 Å². The van der Waals surface area contributed by atoms with E-state index >= 15 is 0 Å². The zero-order valence-corrected chi connectivity index (χ0v) is 12.9. The third-order valence-corrected chi connectivity index (χ3v) is 4.65. The molecule has 0 spiro atoms. The average molecular weight is 364 g/mol. The normalized spacial score (nSPS) is 22.6. The summed E-state index contributed by atoms with van der Waals surface area (Å²) in [6.45, 7) is 0. The van der Waals surface area contributed by atoms with E-state index in [4.69, 9.17) is 4.74 Å². The van der Waals surface area contributed by atoms with E-state index in [1.165, 1.54) is 23.1 Å². The van der Waals surface area contributed by atoms with Crippen LogP contribution in [0.25, 0.3) is 11.1 Å². The largest absolute Gasteiger partial charge is 0.370 e. The van der Waals surface area contributed by atoms with Crippen LogP contribution >= 0.6 is 22.6 Å². The van der Waals surface area contributed by atoms with Crippen LogP contribution in [0, 0.1) is 0 Å². The number of benzene rings is 2. The minimum Gasteiger partial charge on any atom is -0.370 e. The van der Waals surface area contributed by atoms with Crippen molar-refractivity contribution < 1.29 is 4.74 Å². The summed E-state index contributed by atoms with van der Waals surface area (Å²) in [6, 6.07) is 19.3. The Kier molecular flexibility index (Phi) is 4.18. The third kappa shape index (κ3) is 3.00. The molecule has 1 heterocycles. The first-order chi connectivity index (χ1) is 9.36. The highest BCUT2D eigenvalue weighted by molar-refractivity contribution is 14.1. The lowest BCUT2D eigenvalue weighted by Gasteiger charge is -2.13. The van der Waals surface area contributed by atoms with Gasteiger partial charge in [-0.1, -0.05) is 77.2 Å². The van der Waals surface area contributed by atoms with Gasteiger partial charge in [0.2, 0.25) is 0 Å². The molecule has 2 heteroatoms. The molecule has 0 bridgehead atoms. The van der Waals surface area contributed by atoms with Gasteiger partial charge < -0.3 is 4.74 Å². The van der Waals surface area contributed by atoms with Crippen molar-refractivity contribution in [1.29, 1.82) is 0 Å². The molecular weight excluding hydrogens is 347 g/mol. The van der Waals surface area contributed by atoms with E-state index in [1.54, 1.807) is 0 Å². The minimum absolute atomic E-state index is 0.296. The molecule has 3 rings (SSSR count). The predicted molar refractivity (Wildman–Crippen MR) is 87.6 cm³/mol. The molecule has 2 atom stereocenters. The van der Waals surface area contributed by atoms with Crippen molar-refractivity contribution in [3.63, 3.8) is 0 Å².